The first-order chi connectivity index (χ1) is 16.5. The van der Waals surface area contributed by atoms with E-state index in [0.717, 1.165) is 70.3 Å². The van der Waals surface area contributed by atoms with Gasteiger partial charge >= 0.3 is 12.5 Å². The monoisotopic (exact) mass is 501 g/mol. The fraction of sp³-hybridized carbons (Fsp3) is 0.538. The fourth-order valence-electron chi connectivity index (χ4n) is 5.19. The van der Waals surface area contributed by atoms with Crippen LogP contribution in [0.15, 0.2) is 48.5 Å². The Kier molecular flexibility index (Phi) is 7.54. The third-order valence-electron chi connectivity index (χ3n) is 7.17. The van der Waals surface area contributed by atoms with Crippen LogP contribution in [0.1, 0.15) is 49.7 Å². The fourth-order valence-corrected chi connectivity index (χ4v) is 5.19. The number of hydrogen-bond acceptors (Lipinski definition) is 3. The molecule has 2 aromatic rings. The van der Waals surface area contributed by atoms with Crippen LogP contribution in [-0.2, 0) is 11.6 Å². The van der Waals surface area contributed by atoms with Crippen molar-refractivity contribution in [2.24, 2.45) is 5.92 Å². The largest absolute Gasteiger partial charge is 0.573 e. The second-order valence-corrected chi connectivity index (χ2v) is 9.57. The summed E-state index contributed by atoms with van der Waals surface area (Å²) in [7, 11) is 0. The van der Waals surface area contributed by atoms with E-state index in [-0.39, 0.29) is 17.1 Å². The number of hydrogen-bond donors (Lipinski definition) is 0. The Bertz CT molecular complexity index is 969. The smallest absolute Gasteiger partial charge is 0.493 e. The summed E-state index contributed by atoms with van der Waals surface area (Å²) in [5.74, 6) is 0.537. The van der Waals surface area contributed by atoms with E-state index in [1.54, 1.807) is 18.2 Å². The molecule has 35 heavy (non-hydrogen) atoms. The lowest BCUT2D eigenvalue weighted by molar-refractivity contribution is -0.275. The highest BCUT2D eigenvalue weighted by molar-refractivity contribution is 5.41. The van der Waals surface area contributed by atoms with Gasteiger partial charge in [0.25, 0.3) is 0 Å². The molecule has 1 aliphatic carbocycles. The summed E-state index contributed by atoms with van der Waals surface area (Å²) in [5, 5.41) is 0. The van der Waals surface area contributed by atoms with Gasteiger partial charge in [0.15, 0.2) is 0 Å². The molecule has 1 atom stereocenters. The second kappa shape index (κ2) is 10.3. The zero-order valence-electron chi connectivity index (χ0n) is 19.3. The molecule has 2 aromatic carbocycles. The Balaban J connectivity index is 1.32. The van der Waals surface area contributed by atoms with Gasteiger partial charge in [-0.2, -0.15) is 13.2 Å². The molecule has 1 unspecified atom stereocenters. The Morgan fingerprint density at radius 1 is 0.914 bits per heavy atom. The predicted octanol–water partition coefficient (Wildman–Crippen LogP) is 7.21. The standard InChI is InChI=1S/C26H29F6NO2/c27-25(28,29)20-8-10-21(11-9-20)34-18-19-5-3-15-33(17-19)16-14-24(12-4-13-24)22-6-1-2-7-23(22)35-26(30,31)32/h1-2,6-11,19H,3-5,12-18H2. The number of halogens is 6. The van der Waals surface area contributed by atoms with Crippen LogP contribution >= 0.6 is 0 Å². The molecule has 4 rings (SSSR count). The number of rotatable bonds is 8. The van der Waals surface area contributed by atoms with Crippen molar-refractivity contribution < 1.29 is 35.8 Å². The molecule has 0 amide bonds. The highest BCUT2D eigenvalue weighted by Crippen LogP contribution is 2.50. The molecule has 1 aliphatic heterocycles. The quantitative estimate of drug-likeness (QED) is 0.357. The Morgan fingerprint density at radius 3 is 2.26 bits per heavy atom. The van der Waals surface area contributed by atoms with Gasteiger partial charge in [-0.15, -0.1) is 13.2 Å². The van der Waals surface area contributed by atoms with Gasteiger partial charge < -0.3 is 14.4 Å². The molecule has 1 saturated carbocycles. The normalized spacial score (nSPS) is 20.8. The topological polar surface area (TPSA) is 21.7 Å². The second-order valence-electron chi connectivity index (χ2n) is 9.57. The van der Waals surface area contributed by atoms with E-state index in [2.05, 4.69) is 9.64 Å². The number of likely N-dealkylation sites (tertiary alicyclic amines) is 1. The maximum absolute atomic E-state index is 12.9. The van der Waals surface area contributed by atoms with Gasteiger partial charge in [-0.05, 0) is 75.5 Å². The van der Waals surface area contributed by atoms with Gasteiger partial charge in [0, 0.05) is 23.4 Å². The van der Waals surface area contributed by atoms with Crippen LogP contribution in [-0.4, -0.2) is 37.5 Å². The van der Waals surface area contributed by atoms with Crippen molar-refractivity contribution in [2.75, 3.05) is 26.2 Å². The van der Waals surface area contributed by atoms with Crippen LogP contribution in [0.4, 0.5) is 26.3 Å². The van der Waals surface area contributed by atoms with Crippen molar-refractivity contribution in [2.45, 2.75) is 56.5 Å². The maximum Gasteiger partial charge on any atom is 0.573 e. The molecule has 2 fully saturated rings. The molecule has 2 aliphatic rings. The number of nitrogens with zero attached hydrogens (tertiary/aromatic N) is 1. The van der Waals surface area contributed by atoms with E-state index in [1.807, 2.05) is 0 Å². The molecule has 0 bridgehead atoms. The van der Waals surface area contributed by atoms with Crippen LogP contribution in [0, 0.1) is 5.92 Å². The average Bonchev–Trinajstić information content (AvgIpc) is 2.77. The third-order valence-corrected chi connectivity index (χ3v) is 7.17. The summed E-state index contributed by atoms with van der Waals surface area (Å²) in [5.41, 5.74) is -0.394. The zero-order chi connectivity index (χ0) is 25.1. The van der Waals surface area contributed by atoms with Crippen molar-refractivity contribution >= 4 is 0 Å². The van der Waals surface area contributed by atoms with Crippen LogP contribution in [0.5, 0.6) is 11.5 Å². The van der Waals surface area contributed by atoms with Gasteiger partial charge in [0.2, 0.25) is 0 Å². The summed E-state index contributed by atoms with van der Waals surface area (Å²) in [6, 6.07) is 11.2. The lowest BCUT2D eigenvalue weighted by Crippen LogP contribution is -2.43. The molecule has 9 heteroatoms. The van der Waals surface area contributed by atoms with E-state index >= 15 is 0 Å². The summed E-state index contributed by atoms with van der Waals surface area (Å²) in [6.45, 7) is 2.87. The van der Waals surface area contributed by atoms with Crippen LogP contribution in [0.2, 0.25) is 0 Å². The molecule has 0 radical (unpaired) electrons. The molecule has 3 nitrogen and oxygen atoms in total. The zero-order valence-corrected chi connectivity index (χ0v) is 19.3. The third kappa shape index (κ3) is 6.63. The first-order valence-electron chi connectivity index (χ1n) is 11.9. The molecule has 0 spiro atoms. The van der Waals surface area contributed by atoms with Gasteiger partial charge in [0.1, 0.15) is 11.5 Å². The minimum Gasteiger partial charge on any atom is -0.493 e. The number of ether oxygens (including phenoxy) is 2. The molecule has 1 heterocycles. The molecule has 0 aromatic heterocycles. The first kappa shape index (κ1) is 25.7. The number of benzene rings is 2. The molecule has 192 valence electrons. The Morgan fingerprint density at radius 2 is 1.63 bits per heavy atom. The minimum absolute atomic E-state index is 0.110. The van der Waals surface area contributed by atoms with Crippen molar-refractivity contribution in [3.8, 4) is 11.5 Å². The van der Waals surface area contributed by atoms with Gasteiger partial charge in [-0.1, -0.05) is 24.6 Å². The van der Waals surface area contributed by atoms with Gasteiger partial charge in [-0.25, -0.2) is 0 Å². The molecular weight excluding hydrogens is 472 g/mol. The lowest BCUT2D eigenvalue weighted by Gasteiger charge is -2.45. The van der Waals surface area contributed by atoms with Crippen molar-refractivity contribution in [1.29, 1.82) is 0 Å². The average molecular weight is 502 g/mol. The summed E-state index contributed by atoms with van der Waals surface area (Å²) in [6.07, 6.45) is -3.78. The predicted molar refractivity (Wildman–Crippen MR) is 119 cm³/mol. The lowest BCUT2D eigenvalue weighted by atomic mass is 9.62. The summed E-state index contributed by atoms with van der Waals surface area (Å²) < 4.78 is 87.0. The van der Waals surface area contributed by atoms with Crippen LogP contribution in [0.25, 0.3) is 0 Å². The minimum atomic E-state index is -4.73. The first-order valence-corrected chi connectivity index (χ1v) is 11.9. The number of alkyl halides is 6. The van der Waals surface area contributed by atoms with Crippen LogP contribution < -0.4 is 9.47 Å². The Labute approximate surface area is 201 Å². The Hall–Kier alpha value is -2.42. The van der Waals surface area contributed by atoms with E-state index in [0.29, 0.717) is 17.9 Å². The van der Waals surface area contributed by atoms with E-state index in [9.17, 15) is 26.3 Å². The number of piperidine rings is 1. The summed E-state index contributed by atoms with van der Waals surface area (Å²) in [4.78, 5) is 2.32. The molecule has 1 saturated heterocycles. The summed E-state index contributed by atoms with van der Waals surface area (Å²) >= 11 is 0. The van der Waals surface area contributed by atoms with Crippen molar-refractivity contribution in [1.82, 2.24) is 4.90 Å². The van der Waals surface area contributed by atoms with Gasteiger partial charge in [0.05, 0.1) is 12.2 Å². The van der Waals surface area contributed by atoms with Crippen molar-refractivity contribution in [3.05, 3.63) is 59.7 Å². The SMILES string of the molecule is FC(F)(F)Oc1ccccc1C1(CCN2CCCC(COc3ccc(C(F)(F)F)cc3)C2)CCC1. The maximum atomic E-state index is 12.9. The van der Waals surface area contributed by atoms with E-state index in [1.165, 1.54) is 18.2 Å². The molecular formula is C26H29F6NO2. The number of para-hydroxylation sites is 1. The van der Waals surface area contributed by atoms with Crippen molar-refractivity contribution in [3.63, 3.8) is 0 Å². The highest BCUT2D eigenvalue weighted by Gasteiger charge is 2.42. The molecule has 0 N–H and O–H groups in total. The van der Waals surface area contributed by atoms with E-state index < -0.39 is 18.1 Å². The highest BCUT2D eigenvalue weighted by atomic mass is 19.4. The van der Waals surface area contributed by atoms with E-state index in [4.69, 9.17) is 4.74 Å². The van der Waals surface area contributed by atoms with Gasteiger partial charge in [-0.3, -0.25) is 0 Å². The van der Waals surface area contributed by atoms with Crippen LogP contribution in [0.3, 0.4) is 0 Å².